The summed E-state index contributed by atoms with van der Waals surface area (Å²) < 4.78 is 20.8. The molecule has 0 aliphatic carbocycles. The Morgan fingerprint density at radius 3 is 2.55 bits per heavy atom. The summed E-state index contributed by atoms with van der Waals surface area (Å²) in [5.74, 6) is -0.00978. The molecule has 0 heterocycles. The number of hydrogen-bond acceptors (Lipinski definition) is 3. The lowest BCUT2D eigenvalue weighted by atomic mass is 10.4. The first-order valence-corrected chi connectivity index (χ1v) is 5.10. The van der Waals surface area contributed by atoms with E-state index in [1.54, 1.807) is 6.08 Å². The van der Waals surface area contributed by atoms with Gasteiger partial charge in [0.15, 0.2) is 0 Å². The summed E-state index contributed by atoms with van der Waals surface area (Å²) in [5, 5.41) is 7.67. The van der Waals surface area contributed by atoms with Crippen molar-refractivity contribution in [2.75, 3.05) is 18.8 Å². The van der Waals surface area contributed by atoms with E-state index in [-0.39, 0.29) is 5.75 Å². The predicted molar refractivity (Wildman–Crippen MR) is 45.7 cm³/mol. The van der Waals surface area contributed by atoms with E-state index in [9.17, 15) is 8.42 Å². The Hall–Kier alpha value is -0.390. The molecular formula is C6H14N2O2S. The Morgan fingerprint density at radius 1 is 1.45 bits per heavy atom. The lowest BCUT2D eigenvalue weighted by Gasteiger charge is -1.99. The third-order valence-corrected chi connectivity index (χ3v) is 1.86. The zero-order valence-corrected chi connectivity index (χ0v) is 7.23. The second kappa shape index (κ2) is 5.29. The van der Waals surface area contributed by atoms with Crippen LogP contribution in [0.15, 0.2) is 12.7 Å². The van der Waals surface area contributed by atoms with Crippen LogP contribution in [-0.2, 0) is 10.0 Å². The van der Waals surface area contributed by atoms with Gasteiger partial charge in [-0.15, -0.1) is 6.58 Å². The van der Waals surface area contributed by atoms with Crippen LogP contribution in [0.1, 0.15) is 6.42 Å². The smallest absolute Gasteiger partial charge is 0.210 e. The van der Waals surface area contributed by atoms with Crippen LogP contribution in [0, 0.1) is 0 Å². The number of nitrogens with one attached hydrogen (secondary N) is 1. The van der Waals surface area contributed by atoms with Crippen LogP contribution in [0.2, 0.25) is 0 Å². The molecule has 0 aromatic rings. The molecule has 0 aromatic carbocycles. The largest absolute Gasteiger partial charge is 0.315 e. The fourth-order valence-corrected chi connectivity index (χ4v) is 0.972. The van der Waals surface area contributed by atoms with Gasteiger partial charge in [-0.25, -0.2) is 13.6 Å². The predicted octanol–water partition coefficient (Wildman–Crippen LogP) is -0.559. The minimum atomic E-state index is -3.30. The molecule has 0 aromatic heterocycles. The van der Waals surface area contributed by atoms with Gasteiger partial charge in [-0.3, -0.25) is 0 Å². The second-order valence-electron chi connectivity index (χ2n) is 2.19. The molecule has 0 fully saturated rings. The Morgan fingerprint density at radius 2 is 2.09 bits per heavy atom. The quantitative estimate of drug-likeness (QED) is 0.423. The molecule has 0 aliphatic heterocycles. The normalized spacial score (nSPS) is 11.4. The van der Waals surface area contributed by atoms with Crippen molar-refractivity contribution >= 4 is 10.0 Å². The summed E-state index contributed by atoms with van der Waals surface area (Å²) in [6.07, 6.45) is 2.61. The molecule has 0 aliphatic rings. The number of nitrogens with two attached hydrogens (primary N) is 1. The summed E-state index contributed by atoms with van der Waals surface area (Å²) in [4.78, 5) is 0. The highest BCUT2D eigenvalue weighted by molar-refractivity contribution is 7.89. The summed E-state index contributed by atoms with van der Waals surface area (Å²) in [7, 11) is -3.30. The first-order valence-electron chi connectivity index (χ1n) is 3.38. The molecule has 0 unspecified atom stereocenters. The molecule has 0 atom stereocenters. The van der Waals surface area contributed by atoms with Crippen molar-refractivity contribution in [2.24, 2.45) is 5.14 Å². The molecule has 0 bridgehead atoms. The molecule has 0 amide bonds. The molecular weight excluding hydrogens is 164 g/mol. The Kier molecular flexibility index (Phi) is 5.10. The van der Waals surface area contributed by atoms with Crippen LogP contribution >= 0.6 is 0 Å². The zero-order valence-electron chi connectivity index (χ0n) is 6.41. The van der Waals surface area contributed by atoms with Crippen molar-refractivity contribution in [3.63, 3.8) is 0 Å². The van der Waals surface area contributed by atoms with Crippen LogP contribution in [-0.4, -0.2) is 27.3 Å². The first-order chi connectivity index (χ1) is 5.06. The van der Waals surface area contributed by atoms with Gasteiger partial charge in [0, 0.05) is 6.54 Å². The minimum absolute atomic E-state index is 0.00978. The Balaban J connectivity index is 3.22. The zero-order chi connectivity index (χ0) is 8.74. The number of sulfonamides is 1. The number of primary sulfonamides is 1. The molecule has 3 N–H and O–H groups in total. The highest BCUT2D eigenvalue weighted by Crippen LogP contribution is 1.77. The van der Waals surface area contributed by atoms with Crippen LogP contribution in [0.3, 0.4) is 0 Å². The molecule has 5 heteroatoms. The SMILES string of the molecule is C=CCCNCCS(N)(=O)=O. The van der Waals surface area contributed by atoms with Crippen molar-refractivity contribution in [3.8, 4) is 0 Å². The highest BCUT2D eigenvalue weighted by atomic mass is 32.2. The molecule has 0 saturated heterocycles. The average molecular weight is 178 g/mol. The van der Waals surface area contributed by atoms with Gasteiger partial charge < -0.3 is 5.32 Å². The minimum Gasteiger partial charge on any atom is -0.315 e. The van der Waals surface area contributed by atoms with Gasteiger partial charge in [0.05, 0.1) is 5.75 Å². The van der Waals surface area contributed by atoms with Crippen LogP contribution in [0.4, 0.5) is 0 Å². The van der Waals surface area contributed by atoms with Crippen molar-refractivity contribution in [1.82, 2.24) is 5.32 Å². The third kappa shape index (κ3) is 9.61. The van der Waals surface area contributed by atoms with Gasteiger partial charge in [-0.05, 0) is 13.0 Å². The molecule has 4 nitrogen and oxygen atoms in total. The summed E-state index contributed by atoms with van der Waals surface area (Å²) >= 11 is 0. The molecule has 11 heavy (non-hydrogen) atoms. The van der Waals surface area contributed by atoms with E-state index in [2.05, 4.69) is 11.9 Å². The van der Waals surface area contributed by atoms with Gasteiger partial charge in [0.2, 0.25) is 10.0 Å². The average Bonchev–Trinajstić information content (AvgIpc) is 1.85. The third-order valence-electron chi connectivity index (χ3n) is 1.09. The van der Waals surface area contributed by atoms with E-state index >= 15 is 0 Å². The molecule has 0 saturated carbocycles. The van der Waals surface area contributed by atoms with E-state index in [1.165, 1.54) is 0 Å². The molecule has 0 rings (SSSR count). The second-order valence-corrected chi connectivity index (χ2v) is 3.93. The summed E-state index contributed by atoms with van der Waals surface area (Å²) in [6.45, 7) is 4.68. The van der Waals surface area contributed by atoms with E-state index in [0.29, 0.717) is 6.54 Å². The van der Waals surface area contributed by atoms with Crippen LogP contribution < -0.4 is 10.5 Å². The van der Waals surface area contributed by atoms with Crippen molar-refractivity contribution in [2.45, 2.75) is 6.42 Å². The summed E-state index contributed by atoms with van der Waals surface area (Å²) in [6, 6.07) is 0. The molecule has 66 valence electrons. The van der Waals surface area contributed by atoms with Gasteiger partial charge in [-0.2, -0.15) is 0 Å². The lowest BCUT2D eigenvalue weighted by molar-refractivity contribution is 0.593. The van der Waals surface area contributed by atoms with Crippen LogP contribution in [0.5, 0.6) is 0 Å². The van der Waals surface area contributed by atoms with Crippen molar-refractivity contribution in [3.05, 3.63) is 12.7 Å². The van der Waals surface area contributed by atoms with E-state index < -0.39 is 10.0 Å². The fourth-order valence-electron chi connectivity index (χ4n) is 0.544. The topological polar surface area (TPSA) is 72.2 Å². The summed E-state index contributed by atoms with van der Waals surface area (Å²) in [5.41, 5.74) is 0. The maximum Gasteiger partial charge on any atom is 0.210 e. The maximum atomic E-state index is 10.4. The van der Waals surface area contributed by atoms with E-state index in [0.717, 1.165) is 13.0 Å². The van der Waals surface area contributed by atoms with Gasteiger partial charge in [0.25, 0.3) is 0 Å². The number of rotatable bonds is 6. The van der Waals surface area contributed by atoms with Gasteiger partial charge in [-0.1, -0.05) is 6.08 Å². The van der Waals surface area contributed by atoms with E-state index in [1.807, 2.05) is 0 Å². The number of hydrogen-bond donors (Lipinski definition) is 2. The van der Waals surface area contributed by atoms with Crippen molar-refractivity contribution < 1.29 is 8.42 Å². The lowest BCUT2D eigenvalue weighted by Crippen LogP contribution is -2.27. The molecule has 0 radical (unpaired) electrons. The molecule has 0 spiro atoms. The standard InChI is InChI=1S/C6H14N2O2S/c1-2-3-4-8-5-6-11(7,9)10/h2,8H,1,3-6H2,(H2,7,9,10). The fraction of sp³-hybridized carbons (Fsp3) is 0.667. The Labute approximate surface area is 67.5 Å². The maximum absolute atomic E-state index is 10.4. The Bertz CT molecular complexity index is 199. The van der Waals surface area contributed by atoms with E-state index in [4.69, 9.17) is 5.14 Å². The van der Waals surface area contributed by atoms with Crippen molar-refractivity contribution in [1.29, 1.82) is 0 Å². The van der Waals surface area contributed by atoms with Gasteiger partial charge >= 0.3 is 0 Å². The highest BCUT2D eigenvalue weighted by Gasteiger charge is 1.99. The van der Waals surface area contributed by atoms with Gasteiger partial charge in [0.1, 0.15) is 0 Å². The monoisotopic (exact) mass is 178 g/mol. The first kappa shape index (κ1) is 10.6. The van der Waals surface area contributed by atoms with Crippen LogP contribution in [0.25, 0.3) is 0 Å².